The number of benzene rings is 1. The van der Waals surface area contributed by atoms with Gasteiger partial charge in [-0.3, -0.25) is 4.79 Å². The van der Waals surface area contributed by atoms with Gasteiger partial charge in [-0.2, -0.15) is 0 Å². The van der Waals surface area contributed by atoms with Gasteiger partial charge in [-0.15, -0.1) is 22.7 Å². The maximum Gasteiger partial charge on any atom is 0.254 e. The van der Waals surface area contributed by atoms with Gasteiger partial charge in [0.25, 0.3) is 5.91 Å². The van der Waals surface area contributed by atoms with E-state index in [4.69, 9.17) is 0 Å². The number of anilines is 1. The standard InChI is InChI=1S/C20H20N2OS2/c1-21(2)15-6-3-5-14(13-15)20(23)22-10-8-17-16(9-12-25-17)19(22)18-7-4-11-24-18/h3-7,9,11-13,19H,8,10H2,1-2H3. The van der Waals surface area contributed by atoms with E-state index in [2.05, 4.69) is 29.0 Å². The van der Waals surface area contributed by atoms with Gasteiger partial charge in [0, 0.05) is 41.6 Å². The van der Waals surface area contributed by atoms with E-state index in [0.717, 1.165) is 24.2 Å². The predicted octanol–water partition coefficient (Wildman–Crippen LogP) is 4.66. The number of carbonyl (C=O) groups is 1. The molecule has 3 nitrogen and oxygen atoms in total. The molecule has 3 heterocycles. The van der Waals surface area contributed by atoms with Crippen LogP contribution in [-0.4, -0.2) is 31.4 Å². The molecular formula is C20H20N2OS2. The number of hydrogen-bond acceptors (Lipinski definition) is 4. The monoisotopic (exact) mass is 368 g/mol. The van der Waals surface area contributed by atoms with E-state index in [-0.39, 0.29) is 11.9 Å². The lowest BCUT2D eigenvalue weighted by atomic mass is 9.97. The van der Waals surface area contributed by atoms with Crippen LogP contribution in [0.5, 0.6) is 0 Å². The van der Waals surface area contributed by atoms with E-state index in [1.165, 1.54) is 15.3 Å². The zero-order valence-corrected chi connectivity index (χ0v) is 15.9. The van der Waals surface area contributed by atoms with Crippen LogP contribution in [0.2, 0.25) is 0 Å². The molecule has 0 fully saturated rings. The highest BCUT2D eigenvalue weighted by atomic mass is 32.1. The van der Waals surface area contributed by atoms with Crippen molar-refractivity contribution in [1.29, 1.82) is 0 Å². The molecule has 0 spiro atoms. The van der Waals surface area contributed by atoms with Crippen LogP contribution in [0.25, 0.3) is 0 Å². The molecule has 1 amide bonds. The Labute approximate surface area is 156 Å². The molecule has 4 rings (SSSR count). The van der Waals surface area contributed by atoms with Crippen molar-refractivity contribution in [2.45, 2.75) is 12.5 Å². The van der Waals surface area contributed by atoms with Crippen molar-refractivity contribution in [3.63, 3.8) is 0 Å². The summed E-state index contributed by atoms with van der Waals surface area (Å²) in [6.07, 6.45) is 0.938. The topological polar surface area (TPSA) is 23.6 Å². The molecule has 0 bridgehead atoms. The van der Waals surface area contributed by atoms with E-state index < -0.39 is 0 Å². The molecule has 0 aliphatic carbocycles. The lowest BCUT2D eigenvalue weighted by Gasteiger charge is -2.35. The van der Waals surface area contributed by atoms with Crippen LogP contribution in [0.4, 0.5) is 5.69 Å². The Hall–Kier alpha value is -2.11. The maximum absolute atomic E-state index is 13.3. The number of nitrogens with zero attached hydrogens (tertiary/aromatic N) is 2. The molecule has 0 saturated heterocycles. The highest BCUT2D eigenvalue weighted by Crippen LogP contribution is 2.40. The van der Waals surface area contributed by atoms with Gasteiger partial charge in [-0.05, 0) is 53.1 Å². The Balaban J connectivity index is 1.73. The van der Waals surface area contributed by atoms with Crippen molar-refractivity contribution < 1.29 is 4.79 Å². The lowest BCUT2D eigenvalue weighted by molar-refractivity contribution is 0.0699. The van der Waals surface area contributed by atoms with Gasteiger partial charge in [0.2, 0.25) is 0 Å². The molecule has 1 unspecified atom stereocenters. The smallest absolute Gasteiger partial charge is 0.254 e. The molecule has 25 heavy (non-hydrogen) atoms. The Morgan fingerprint density at radius 2 is 2.00 bits per heavy atom. The minimum Gasteiger partial charge on any atom is -0.378 e. The molecule has 5 heteroatoms. The zero-order valence-electron chi connectivity index (χ0n) is 14.3. The second kappa shape index (κ2) is 6.65. The molecule has 0 saturated carbocycles. The Morgan fingerprint density at radius 3 is 2.76 bits per heavy atom. The highest BCUT2D eigenvalue weighted by Gasteiger charge is 2.33. The summed E-state index contributed by atoms with van der Waals surface area (Å²) in [5.74, 6) is 0.110. The van der Waals surface area contributed by atoms with Gasteiger partial charge in [-0.25, -0.2) is 0 Å². The third-order valence-electron chi connectivity index (χ3n) is 4.65. The first-order chi connectivity index (χ1) is 12.1. The fourth-order valence-corrected chi connectivity index (χ4v) is 5.13. The van der Waals surface area contributed by atoms with Crippen LogP contribution in [0, 0.1) is 0 Å². The number of amides is 1. The van der Waals surface area contributed by atoms with Crippen LogP contribution in [-0.2, 0) is 6.42 Å². The van der Waals surface area contributed by atoms with Crippen molar-refractivity contribution in [2.75, 3.05) is 25.5 Å². The fraction of sp³-hybridized carbons (Fsp3) is 0.250. The molecule has 1 aliphatic rings. The van der Waals surface area contributed by atoms with Gasteiger partial charge >= 0.3 is 0 Å². The number of carbonyl (C=O) groups excluding carboxylic acids is 1. The summed E-state index contributed by atoms with van der Waals surface area (Å²) in [6.45, 7) is 0.765. The van der Waals surface area contributed by atoms with Gasteiger partial charge < -0.3 is 9.80 Å². The zero-order chi connectivity index (χ0) is 17.4. The second-order valence-corrected chi connectivity index (χ2v) is 8.39. The number of hydrogen-bond donors (Lipinski definition) is 0. The van der Waals surface area contributed by atoms with Crippen molar-refractivity contribution in [2.24, 2.45) is 0 Å². The first kappa shape index (κ1) is 16.4. The van der Waals surface area contributed by atoms with Gasteiger partial charge in [0.05, 0.1) is 6.04 Å². The summed E-state index contributed by atoms with van der Waals surface area (Å²) in [6, 6.07) is 14.3. The van der Waals surface area contributed by atoms with Crippen LogP contribution in [0.15, 0.2) is 53.2 Å². The molecule has 0 N–H and O–H groups in total. The van der Waals surface area contributed by atoms with E-state index >= 15 is 0 Å². The minimum absolute atomic E-state index is 0.0329. The Bertz CT molecular complexity index is 883. The van der Waals surface area contributed by atoms with E-state index in [0.29, 0.717) is 0 Å². The number of fused-ring (bicyclic) bond motifs is 1. The molecule has 128 valence electrons. The van der Waals surface area contributed by atoms with Crippen molar-refractivity contribution >= 4 is 34.3 Å². The van der Waals surface area contributed by atoms with Crippen LogP contribution < -0.4 is 4.90 Å². The quantitative estimate of drug-likeness (QED) is 0.671. The van der Waals surface area contributed by atoms with E-state index in [1.54, 1.807) is 22.7 Å². The minimum atomic E-state index is 0.0329. The summed E-state index contributed by atoms with van der Waals surface area (Å²) in [5.41, 5.74) is 3.09. The molecule has 1 aromatic carbocycles. The second-order valence-electron chi connectivity index (χ2n) is 6.41. The van der Waals surface area contributed by atoms with Gasteiger partial charge in [0.15, 0.2) is 0 Å². The van der Waals surface area contributed by atoms with Crippen LogP contribution in [0.1, 0.15) is 31.7 Å². The average Bonchev–Trinajstić information content (AvgIpc) is 3.31. The van der Waals surface area contributed by atoms with Crippen molar-refractivity contribution in [1.82, 2.24) is 4.90 Å². The predicted molar refractivity (Wildman–Crippen MR) is 106 cm³/mol. The SMILES string of the molecule is CN(C)c1cccc(C(=O)N2CCc3sccc3C2c2cccs2)c1. The summed E-state index contributed by atoms with van der Waals surface area (Å²) < 4.78 is 0. The highest BCUT2D eigenvalue weighted by molar-refractivity contribution is 7.10. The van der Waals surface area contributed by atoms with Crippen molar-refractivity contribution in [3.8, 4) is 0 Å². The van der Waals surface area contributed by atoms with Crippen LogP contribution in [0.3, 0.4) is 0 Å². The molecular weight excluding hydrogens is 348 g/mol. The fourth-order valence-electron chi connectivity index (χ4n) is 3.37. The molecule has 1 atom stereocenters. The average molecular weight is 369 g/mol. The van der Waals surface area contributed by atoms with E-state index in [9.17, 15) is 4.79 Å². The Morgan fingerprint density at radius 1 is 1.12 bits per heavy atom. The largest absolute Gasteiger partial charge is 0.378 e. The Kier molecular flexibility index (Phi) is 4.36. The number of rotatable bonds is 3. The van der Waals surface area contributed by atoms with Crippen LogP contribution >= 0.6 is 22.7 Å². The molecule has 1 aliphatic heterocycles. The summed E-state index contributed by atoms with van der Waals surface area (Å²) in [5, 5.41) is 4.23. The molecule has 2 aromatic heterocycles. The summed E-state index contributed by atoms with van der Waals surface area (Å²) >= 11 is 3.53. The lowest BCUT2D eigenvalue weighted by Crippen LogP contribution is -2.39. The maximum atomic E-state index is 13.3. The first-order valence-electron chi connectivity index (χ1n) is 8.33. The third-order valence-corrected chi connectivity index (χ3v) is 6.57. The summed E-state index contributed by atoms with van der Waals surface area (Å²) in [7, 11) is 3.99. The van der Waals surface area contributed by atoms with Gasteiger partial charge in [0.1, 0.15) is 0 Å². The van der Waals surface area contributed by atoms with E-state index in [1.807, 2.05) is 48.2 Å². The molecule has 3 aromatic rings. The third kappa shape index (κ3) is 2.98. The van der Waals surface area contributed by atoms with Crippen molar-refractivity contribution in [3.05, 3.63) is 74.1 Å². The molecule has 0 radical (unpaired) electrons. The summed E-state index contributed by atoms with van der Waals surface area (Å²) in [4.78, 5) is 20.0. The first-order valence-corrected chi connectivity index (χ1v) is 10.1. The van der Waals surface area contributed by atoms with Gasteiger partial charge in [-0.1, -0.05) is 12.1 Å². The number of thiophene rings is 2. The normalized spacial score (nSPS) is 16.6.